The fraction of sp³-hybridized carbons (Fsp3) is 0.286. The molecule has 4 heteroatoms. The van der Waals surface area contributed by atoms with Crippen LogP contribution < -0.4 is 0 Å². The number of aromatic nitrogens is 1. The van der Waals surface area contributed by atoms with Crippen molar-refractivity contribution in [1.29, 1.82) is 0 Å². The first-order chi connectivity index (χ1) is 8.39. The molecule has 0 saturated heterocycles. The van der Waals surface area contributed by atoms with E-state index in [1.165, 1.54) is 5.56 Å². The molecule has 0 unspecified atom stereocenters. The predicted octanol–water partition coefficient (Wildman–Crippen LogP) is 3.34. The van der Waals surface area contributed by atoms with E-state index in [9.17, 15) is 4.79 Å². The Balaban J connectivity index is 2.41. The summed E-state index contributed by atoms with van der Waals surface area (Å²) in [6.07, 6.45) is 1.15. The third-order valence-electron chi connectivity index (χ3n) is 2.82. The highest BCUT2D eigenvalue weighted by atomic mass is 16.5. The lowest BCUT2D eigenvalue weighted by atomic mass is 9.86. The SMILES string of the molecule is CC(C)(C)c1ccc(-c2nocc2C(=O)O)cc1. The number of carboxylic acids is 1. The van der Waals surface area contributed by atoms with Crippen LogP contribution >= 0.6 is 0 Å². The molecule has 2 rings (SSSR count). The Morgan fingerprint density at radius 1 is 1.22 bits per heavy atom. The molecule has 1 aromatic heterocycles. The van der Waals surface area contributed by atoms with Gasteiger partial charge in [-0.3, -0.25) is 0 Å². The van der Waals surface area contributed by atoms with Gasteiger partial charge in [0.2, 0.25) is 0 Å². The van der Waals surface area contributed by atoms with E-state index < -0.39 is 5.97 Å². The quantitative estimate of drug-likeness (QED) is 0.881. The fourth-order valence-electron chi connectivity index (χ4n) is 1.72. The van der Waals surface area contributed by atoms with Gasteiger partial charge in [0.15, 0.2) is 0 Å². The summed E-state index contributed by atoms with van der Waals surface area (Å²) < 4.78 is 4.73. The standard InChI is InChI=1S/C14H15NO3/c1-14(2,3)10-6-4-9(5-7-10)12-11(13(16)17)8-18-15-12/h4-8H,1-3H3,(H,16,17). The summed E-state index contributed by atoms with van der Waals surface area (Å²) >= 11 is 0. The second-order valence-corrected chi connectivity index (χ2v) is 5.21. The number of hydrogen-bond acceptors (Lipinski definition) is 3. The van der Waals surface area contributed by atoms with E-state index in [0.717, 1.165) is 11.8 Å². The Morgan fingerprint density at radius 3 is 2.33 bits per heavy atom. The van der Waals surface area contributed by atoms with Crippen LogP contribution in [0.15, 0.2) is 35.1 Å². The van der Waals surface area contributed by atoms with Crippen molar-refractivity contribution in [2.45, 2.75) is 26.2 Å². The van der Waals surface area contributed by atoms with Crippen LogP contribution in [0.5, 0.6) is 0 Å². The minimum Gasteiger partial charge on any atom is -0.477 e. The van der Waals surface area contributed by atoms with Gasteiger partial charge in [-0.2, -0.15) is 0 Å². The zero-order chi connectivity index (χ0) is 13.3. The van der Waals surface area contributed by atoms with Crippen LogP contribution in [0.25, 0.3) is 11.3 Å². The summed E-state index contributed by atoms with van der Waals surface area (Å²) in [5, 5.41) is 12.7. The van der Waals surface area contributed by atoms with Crippen molar-refractivity contribution in [3.63, 3.8) is 0 Å². The maximum atomic E-state index is 11.0. The summed E-state index contributed by atoms with van der Waals surface area (Å²) in [4.78, 5) is 11.0. The van der Waals surface area contributed by atoms with E-state index in [2.05, 4.69) is 25.9 Å². The molecule has 0 radical (unpaired) electrons. The predicted molar refractivity (Wildman–Crippen MR) is 67.6 cm³/mol. The van der Waals surface area contributed by atoms with Crippen molar-refractivity contribution in [3.8, 4) is 11.3 Å². The molecule has 0 saturated carbocycles. The highest BCUT2D eigenvalue weighted by Gasteiger charge is 2.18. The van der Waals surface area contributed by atoms with Gasteiger partial charge in [0.1, 0.15) is 17.5 Å². The summed E-state index contributed by atoms with van der Waals surface area (Å²) in [6.45, 7) is 6.38. The number of aromatic carboxylic acids is 1. The minimum atomic E-state index is -1.04. The third kappa shape index (κ3) is 2.27. The highest BCUT2D eigenvalue weighted by Crippen LogP contribution is 2.27. The van der Waals surface area contributed by atoms with E-state index in [1.54, 1.807) is 0 Å². The zero-order valence-electron chi connectivity index (χ0n) is 10.6. The van der Waals surface area contributed by atoms with E-state index in [1.807, 2.05) is 24.3 Å². The molecule has 0 spiro atoms. The van der Waals surface area contributed by atoms with E-state index in [0.29, 0.717) is 5.69 Å². The van der Waals surface area contributed by atoms with Gasteiger partial charge >= 0.3 is 5.97 Å². The number of rotatable bonds is 2. The molecule has 94 valence electrons. The van der Waals surface area contributed by atoms with Gasteiger partial charge in [0.25, 0.3) is 0 Å². The van der Waals surface area contributed by atoms with Crippen molar-refractivity contribution in [3.05, 3.63) is 41.7 Å². The molecular weight excluding hydrogens is 230 g/mol. The van der Waals surface area contributed by atoms with Crippen LogP contribution in [0.2, 0.25) is 0 Å². The second-order valence-electron chi connectivity index (χ2n) is 5.21. The van der Waals surface area contributed by atoms with Crippen LogP contribution in [0.1, 0.15) is 36.7 Å². The topological polar surface area (TPSA) is 63.3 Å². The Kier molecular flexibility index (Phi) is 2.95. The van der Waals surface area contributed by atoms with Gasteiger partial charge in [-0.1, -0.05) is 50.2 Å². The smallest absolute Gasteiger partial charge is 0.341 e. The summed E-state index contributed by atoms with van der Waals surface area (Å²) in [5.41, 5.74) is 2.44. The number of hydrogen-bond donors (Lipinski definition) is 1. The van der Waals surface area contributed by atoms with Crippen LogP contribution in [-0.2, 0) is 5.41 Å². The van der Waals surface area contributed by atoms with Gasteiger partial charge < -0.3 is 9.63 Å². The Morgan fingerprint density at radius 2 is 1.83 bits per heavy atom. The molecule has 18 heavy (non-hydrogen) atoms. The number of nitrogens with zero attached hydrogens (tertiary/aromatic N) is 1. The Hall–Kier alpha value is -2.10. The molecule has 0 bridgehead atoms. The first kappa shape index (κ1) is 12.4. The molecule has 0 atom stereocenters. The largest absolute Gasteiger partial charge is 0.477 e. The van der Waals surface area contributed by atoms with Gasteiger partial charge in [-0.05, 0) is 11.0 Å². The fourth-order valence-corrected chi connectivity index (χ4v) is 1.72. The average molecular weight is 245 g/mol. The Labute approximate surface area is 105 Å². The van der Waals surface area contributed by atoms with E-state index in [4.69, 9.17) is 9.63 Å². The molecule has 1 aromatic carbocycles. The first-order valence-corrected chi connectivity index (χ1v) is 5.68. The summed E-state index contributed by atoms with van der Waals surface area (Å²) in [6, 6.07) is 7.70. The molecule has 0 fully saturated rings. The average Bonchev–Trinajstić information content (AvgIpc) is 2.77. The lowest BCUT2D eigenvalue weighted by Crippen LogP contribution is -2.10. The normalized spacial score (nSPS) is 11.5. The Bertz CT molecular complexity index is 561. The summed E-state index contributed by atoms with van der Waals surface area (Å²) in [7, 11) is 0. The first-order valence-electron chi connectivity index (χ1n) is 5.68. The molecule has 0 aliphatic heterocycles. The van der Waals surface area contributed by atoms with Crippen LogP contribution in [-0.4, -0.2) is 16.2 Å². The lowest BCUT2D eigenvalue weighted by Gasteiger charge is -2.18. The monoisotopic (exact) mass is 245 g/mol. The van der Waals surface area contributed by atoms with Gasteiger partial charge in [-0.15, -0.1) is 0 Å². The van der Waals surface area contributed by atoms with Crippen molar-refractivity contribution in [2.75, 3.05) is 0 Å². The number of benzene rings is 1. The van der Waals surface area contributed by atoms with E-state index >= 15 is 0 Å². The van der Waals surface area contributed by atoms with Crippen LogP contribution in [0.4, 0.5) is 0 Å². The summed E-state index contributed by atoms with van der Waals surface area (Å²) in [5.74, 6) is -1.04. The van der Waals surface area contributed by atoms with Crippen LogP contribution in [0.3, 0.4) is 0 Å². The molecule has 2 aromatic rings. The van der Waals surface area contributed by atoms with Gasteiger partial charge in [0, 0.05) is 5.56 Å². The third-order valence-corrected chi connectivity index (χ3v) is 2.82. The van der Waals surface area contributed by atoms with Crippen molar-refractivity contribution >= 4 is 5.97 Å². The van der Waals surface area contributed by atoms with Crippen molar-refractivity contribution in [2.24, 2.45) is 0 Å². The van der Waals surface area contributed by atoms with E-state index in [-0.39, 0.29) is 11.0 Å². The highest BCUT2D eigenvalue weighted by molar-refractivity contribution is 5.94. The lowest BCUT2D eigenvalue weighted by molar-refractivity contribution is 0.0697. The van der Waals surface area contributed by atoms with Gasteiger partial charge in [-0.25, -0.2) is 4.79 Å². The molecule has 4 nitrogen and oxygen atoms in total. The van der Waals surface area contributed by atoms with Gasteiger partial charge in [0.05, 0.1) is 0 Å². The molecule has 0 amide bonds. The van der Waals surface area contributed by atoms with Crippen LogP contribution in [0, 0.1) is 0 Å². The second kappa shape index (κ2) is 4.29. The molecule has 0 aliphatic rings. The molecule has 0 aliphatic carbocycles. The number of carboxylic acid groups (broad SMARTS) is 1. The van der Waals surface area contributed by atoms with Crippen molar-refractivity contribution < 1.29 is 14.4 Å². The number of carbonyl (C=O) groups is 1. The zero-order valence-corrected chi connectivity index (χ0v) is 10.6. The molecule has 1 N–H and O–H groups in total. The maximum absolute atomic E-state index is 11.0. The minimum absolute atomic E-state index is 0.0674. The molecular formula is C14H15NO3. The molecule has 1 heterocycles. The maximum Gasteiger partial charge on any atom is 0.341 e. The van der Waals surface area contributed by atoms with Crippen molar-refractivity contribution in [1.82, 2.24) is 5.16 Å².